The van der Waals surface area contributed by atoms with Gasteiger partial charge in [0, 0.05) is 43.0 Å². The van der Waals surface area contributed by atoms with Gasteiger partial charge in [0.15, 0.2) is 0 Å². The molecule has 3 aliphatic heterocycles. The normalized spacial score (nSPS) is 26.4. The number of hydrogen-bond donors (Lipinski definition) is 0. The van der Waals surface area contributed by atoms with Gasteiger partial charge in [-0.15, -0.1) is 11.3 Å². The second-order valence-corrected chi connectivity index (χ2v) is 9.95. The van der Waals surface area contributed by atoms with E-state index in [0.29, 0.717) is 6.42 Å². The molecule has 0 aromatic carbocycles. The van der Waals surface area contributed by atoms with Crippen molar-refractivity contribution in [3.05, 3.63) is 15.6 Å². The van der Waals surface area contributed by atoms with E-state index in [1.54, 1.807) is 11.3 Å². The van der Waals surface area contributed by atoms with E-state index in [9.17, 15) is 9.59 Å². The van der Waals surface area contributed by atoms with Gasteiger partial charge in [0.25, 0.3) is 0 Å². The van der Waals surface area contributed by atoms with Gasteiger partial charge in [-0.25, -0.2) is 4.98 Å². The molecule has 2 amide bonds. The van der Waals surface area contributed by atoms with Crippen LogP contribution < -0.4 is 0 Å². The number of carbonyl (C=O) groups excluding carboxylic acids is 2. The van der Waals surface area contributed by atoms with Crippen molar-refractivity contribution < 1.29 is 9.59 Å². The molecule has 4 rings (SSSR count). The first-order valence-electron chi connectivity index (χ1n) is 10.7. The number of aryl methyl sites for hydroxylation is 2. The predicted octanol–water partition coefficient (Wildman–Crippen LogP) is 2.73. The number of rotatable bonds is 4. The highest BCUT2D eigenvalue weighted by Crippen LogP contribution is 2.39. The van der Waals surface area contributed by atoms with Gasteiger partial charge in [-0.1, -0.05) is 0 Å². The van der Waals surface area contributed by atoms with E-state index < -0.39 is 0 Å². The summed E-state index contributed by atoms with van der Waals surface area (Å²) in [5.41, 5.74) is 1.04. The Labute approximate surface area is 171 Å². The molecule has 6 nitrogen and oxygen atoms in total. The zero-order valence-corrected chi connectivity index (χ0v) is 18.0. The molecule has 3 saturated heterocycles. The maximum Gasteiger partial charge on any atom is 0.242 e. The zero-order chi connectivity index (χ0) is 19.7. The van der Waals surface area contributed by atoms with Crippen LogP contribution in [0.5, 0.6) is 0 Å². The fourth-order valence-electron chi connectivity index (χ4n) is 5.17. The zero-order valence-electron chi connectivity index (χ0n) is 17.2. The van der Waals surface area contributed by atoms with Gasteiger partial charge in [-0.05, 0) is 58.9 Å². The van der Waals surface area contributed by atoms with Crippen molar-refractivity contribution in [2.45, 2.75) is 70.9 Å². The third-order valence-electron chi connectivity index (χ3n) is 6.81. The minimum atomic E-state index is -0.111. The Kier molecular flexibility index (Phi) is 5.74. The van der Waals surface area contributed by atoms with Crippen molar-refractivity contribution in [2.75, 3.05) is 32.7 Å². The Balaban J connectivity index is 1.42. The monoisotopic (exact) mass is 404 g/mol. The molecule has 0 radical (unpaired) electrons. The van der Waals surface area contributed by atoms with Crippen molar-refractivity contribution in [1.82, 2.24) is 19.7 Å². The summed E-state index contributed by atoms with van der Waals surface area (Å²) < 4.78 is 0. The molecular formula is C21H32N4O2S. The predicted molar refractivity (Wildman–Crippen MR) is 110 cm³/mol. The summed E-state index contributed by atoms with van der Waals surface area (Å²) in [6.07, 6.45) is 6.77. The molecule has 1 spiro atoms. The average Bonchev–Trinajstić information content (AvgIpc) is 3.32. The molecule has 7 heteroatoms. The highest BCUT2D eigenvalue weighted by atomic mass is 32.1. The van der Waals surface area contributed by atoms with E-state index in [-0.39, 0.29) is 23.9 Å². The molecular weight excluding hydrogens is 372 g/mol. The number of amides is 2. The van der Waals surface area contributed by atoms with Gasteiger partial charge in [-0.3, -0.25) is 14.5 Å². The van der Waals surface area contributed by atoms with Crippen LogP contribution in [-0.4, -0.2) is 69.8 Å². The van der Waals surface area contributed by atoms with E-state index in [2.05, 4.69) is 23.7 Å². The van der Waals surface area contributed by atoms with Crippen LogP contribution in [0.3, 0.4) is 0 Å². The number of aromatic nitrogens is 1. The van der Waals surface area contributed by atoms with Gasteiger partial charge in [0.1, 0.15) is 6.54 Å². The minimum Gasteiger partial charge on any atom is -0.341 e. The summed E-state index contributed by atoms with van der Waals surface area (Å²) in [5.74, 6) is 0.318. The summed E-state index contributed by atoms with van der Waals surface area (Å²) in [4.78, 5) is 37.7. The van der Waals surface area contributed by atoms with Crippen LogP contribution in [0.2, 0.25) is 0 Å². The summed E-state index contributed by atoms with van der Waals surface area (Å²) in [5, 5.41) is 1.13. The molecule has 0 aliphatic carbocycles. The lowest BCUT2D eigenvalue weighted by Gasteiger charge is -2.38. The van der Waals surface area contributed by atoms with Gasteiger partial charge in [0.05, 0.1) is 10.7 Å². The van der Waals surface area contributed by atoms with Gasteiger partial charge in [-0.2, -0.15) is 0 Å². The Morgan fingerprint density at radius 1 is 1.07 bits per heavy atom. The van der Waals surface area contributed by atoms with Crippen LogP contribution in [-0.2, 0) is 16.1 Å². The van der Waals surface area contributed by atoms with Crippen molar-refractivity contribution in [1.29, 1.82) is 0 Å². The number of thiazole rings is 1. The summed E-state index contributed by atoms with van der Waals surface area (Å²) in [6, 6.07) is 0. The molecule has 1 atom stereocenters. The average molecular weight is 405 g/mol. The van der Waals surface area contributed by atoms with Crippen LogP contribution >= 0.6 is 11.3 Å². The molecule has 154 valence electrons. The SMILES string of the molecule is Cc1nc(C)c(CN2CCC[C@]3(CCC(=O)N3CC(=O)N3CCCC3)CC2)s1. The number of carbonyl (C=O) groups is 2. The van der Waals surface area contributed by atoms with Crippen molar-refractivity contribution >= 4 is 23.2 Å². The number of likely N-dealkylation sites (tertiary alicyclic amines) is 3. The third-order valence-corrected chi connectivity index (χ3v) is 7.86. The quantitative estimate of drug-likeness (QED) is 0.774. The summed E-state index contributed by atoms with van der Waals surface area (Å²) >= 11 is 1.79. The first kappa shape index (κ1) is 19.8. The number of nitrogens with zero attached hydrogens (tertiary/aromatic N) is 4. The lowest BCUT2D eigenvalue weighted by atomic mass is 9.87. The lowest BCUT2D eigenvalue weighted by Crippen LogP contribution is -2.51. The van der Waals surface area contributed by atoms with Crippen molar-refractivity contribution in [2.24, 2.45) is 0 Å². The fourth-order valence-corrected chi connectivity index (χ4v) is 6.15. The molecule has 0 saturated carbocycles. The minimum absolute atomic E-state index is 0.111. The van der Waals surface area contributed by atoms with E-state index in [0.717, 1.165) is 82.0 Å². The van der Waals surface area contributed by atoms with Crippen LogP contribution in [0.15, 0.2) is 0 Å². The van der Waals surface area contributed by atoms with Gasteiger partial charge < -0.3 is 9.80 Å². The molecule has 0 bridgehead atoms. The fraction of sp³-hybridized carbons (Fsp3) is 0.762. The largest absolute Gasteiger partial charge is 0.341 e. The highest BCUT2D eigenvalue weighted by molar-refractivity contribution is 7.11. The van der Waals surface area contributed by atoms with Gasteiger partial charge in [0.2, 0.25) is 11.8 Å². The number of hydrogen-bond acceptors (Lipinski definition) is 5. The van der Waals surface area contributed by atoms with Crippen LogP contribution in [0.1, 0.15) is 60.5 Å². The second kappa shape index (κ2) is 8.11. The smallest absolute Gasteiger partial charge is 0.242 e. The summed E-state index contributed by atoms with van der Waals surface area (Å²) in [6.45, 7) is 9.15. The summed E-state index contributed by atoms with van der Waals surface area (Å²) in [7, 11) is 0. The molecule has 1 aromatic rings. The molecule has 1 aromatic heterocycles. The molecule has 3 aliphatic rings. The molecule has 3 fully saturated rings. The molecule has 4 heterocycles. The van der Waals surface area contributed by atoms with E-state index in [4.69, 9.17) is 0 Å². The maximum atomic E-state index is 12.7. The first-order valence-corrected chi connectivity index (χ1v) is 11.5. The molecule has 0 N–H and O–H groups in total. The Morgan fingerprint density at radius 3 is 2.57 bits per heavy atom. The highest BCUT2D eigenvalue weighted by Gasteiger charge is 2.46. The van der Waals surface area contributed by atoms with E-state index in [1.807, 2.05) is 9.80 Å². The molecule has 0 unspecified atom stereocenters. The molecule has 28 heavy (non-hydrogen) atoms. The Bertz CT molecular complexity index is 743. The Morgan fingerprint density at radius 2 is 1.86 bits per heavy atom. The van der Waals surface area contributed by atoms with Crippen molar-refractivity contribution in [3.8, 4) is 0 Å². The van der Waals surface area contributed by atoms with E-state index in [1.165, 1.54) is 4.88 Å². The van der Waals surface area contributed by atoms with Crippen LogP contribution in [0.25, 0.3) is 0 Å². The van der Waals surface area contributed by atoms with Crippen LogP contribution in [0.4, 0.5) is 0 Å². The van der Waals surface area contributed by atoms with Crippen molar-refractivity contribution in [3.63, 3.8) is 0 Å². The first-order chi connectivity index (χ1) is 13.5. The topological polar surface area (TPSA) is 56.8 Å². The second-order valence-electron chi connectivity index (χ2n) is 8.66. The lowest BCUT2D eigenvalue weighted by molar-refractivity contribution is -0.141. The maximum absolute atomic E-state index is 12.7. The van der Waals surface area contributed by atoms with Crippen LogP contribution in [0, 0.1) is 13.8 Å². The van der Waals surface area contributed by atoms with Gasteiger partial charge >= 0.3 is 0 Å². The standard InChI is InChI=1S/C21H32N4O2S/c1-16-18(28-17(2)22-16)14-23-10-5-7-21(9-13-23)8-6-19(26)25(21)15-20(27)24-11-3-4-12-24/h3-15H2,1-2H3/t21-/m0/s1. The Hall–Kier alpha value is -1.47. The third kappa shape index (κ3) is 3.96. The van der Waals surface area contributed by atoms with E-state index >= 15 is 0 Å².